The lowest BCUT2D eigenvalue weighted by molar-refractivity contribution is -0.0125. The van der Waals surface area contributed by atoms with E-state index in [2.05, 4.69) is 5.32 Å². The molecular formula is C16H24FNO2. The summed E-state index contributed by atoms with van der Waals surface area (Å²) < 4.78 is 24.7. The van der Waals surface area contributed by atoms with Gasteiger partial charge in [0.15, 0.2) is 0 Å². The summed E-state index contributed by atoms with van der Waals surface area (Å²) in [5.74, 6) is -0.205. The summed E-state index contributed by atoms with van der Waals surface area (Å²) in [4.78, 5) is 0. The van der Waals surface area contributed by atoms with Crippen LogP contribution in [0.4, 0.5) is 4.39 Å². The molecule has 1 N–H and O–H groups in total. The predicted octanol–water partition coefficient (Wildman–Crippen LogP) is 3.02. The Hall–Kier alpha value is -0.970. The number of halogens is 1. The van der Waals surface area contributed by atoms with Crippen LogP contribution in [0.5, 0.6) is 0 Å². The number of benzene rings is 1. The Morgan fingerprint density at radius 1 is 1.40 bits per heavy atom. The third kappa shape index (κ3) is 5.19. The Morgan fingerprint density at radius 2 is 2.20 bits per heavy atom. The lowest BCUT2D eigenvalue weighted by atomic mass is 10.1. The summed E-state index contributed by atoms with van der Waals surface area (Å²) in [5, 5.41) is 3.43. The molecule has 0 amide bonds. The van der Waals surface area contributed by atoms with Gasteiger partial charge in [-0.15, -0.1) is 0 Å². The summed E-state index contributed by atoms with van der Waals surface area (Å²) in [6.45, 7) is 6.18. The van der Waals surface area contributed by atoms with Gasteiger partial charge in [-0.3, -0.25) is 0 Å². The Balaban J connectivity index is 1.83. The van der Waals surface area contributed by atoms with Crippen LogP contribution in [0, 0.1) is 5.82 Å². The van der Waals surface area contributed by atoms with E-state index in [0.717, 1.165) is 12.1 Å². The highest BCUT2D eigenvalue weighted by molar-refractivity contribution is 5.24. The minimum absolute atomic E-state index is 0.0254. The third-order valence-corrected chi connectivity index (χ3v) is 3.36. The van der Waals surface area contributed by atoms with Crippen molar-refractivity contribution < 1.29 is 13.9 Å². The molecule has 4 heteroatoms. The molecule has 112 valence electrons. The largest absolute Gasteiger partial charge is 0.379 e. The average Bonchev–Trinajstić information content (AvgIpc) is 3.27. The molecule has 1 aromatic carbocycles. The first-order valence-electron chi connectivity index (χ1n) is 7.39. The second-order valence-corrected chi connectivity index (χ2v) is 5.36. The van der Waals surface area contributed by atoms with Gasteiger partial charge in [-0.1, -0.05) is 6.07 Å². The monoisotopic (exact) mass is 281 g/mol. The summed E-state index contributed by atoms with van der Waals surface area (Å²) >= 11 is 0. The first-order valence-corrected chi connectivity index (χ1v) is 7.39. The van der Waals surface area contributed by atoms with Crippen LogP contribution in [0.1, 0.15) is 37.8 Å². The molecule has 1 atom stereocenters. The molecule has 2 rings (SSSR count). The van der Waals surface area contributed by atoms with Crippen LogP contribution in [-0.2, 0) is 22.6 Å². The van der Waals surface area contributed by atoms with Crippen molar-refractivity contribution in [3.05, 3.63) is 35.1 Å². The maximum Gasteiger partial charge on any atom is 0.128 e. The molecule has 1 unspecified atom stereocenters. The molecule has 1 saturated carbocycles. The van der Waals surface area contributed by atoms with Crippen LogP contribution in [-0.4, -0.2) is 25.4 Å². The summed E-state index contributed by atoms with van der Waals surface area (Å²) in [5.41, 5.74) is 1.72. The van der Waals surface area contributed by atoms with E-state index in [1.165, 1.54) is 18.9 Å². The molecule has 1 fully saturated rings. The van der Waals surface area contributed by atoms with E-state index in [9.17, 15) is 4.39 Å². The van der Waals surface area contributed by atoms with Crippen LogP contribution < -0.4 is 5.32 Å². The van der Waals surface area contributed by atoms with Gasteiger partial charge in [0.1, 0.15) is 5.82 Å². The lowest BCUT2D eigenvalue weighted by Gasteiger charge is -2.14. The van der Waals surface area contributed by atoms with Gasteiger partial charge >= 0.3 is 0 Å². The van der Waals surface area contributed by atoms with Crippen LogP contribution in [0.2, 0.25) is 0 Å². The fraction of sp³-hybridized carbons (Fsp3) is 0.625. The van der Waals surface area contributed by atoms with Crippen molar-refractivity contribution in [1.29, 1.82) is 0 Å². The topological polar surface area (TPSA) is 30.5 Å². The minimum atomic E-state index is -0.205. The molecule has 0 saturated heterocycles. The Bertz CT molecular complexity index is 421. The van der Waals surface area contributed by atoms with Crippen LogP contribution >= 0.6 is 0 Å². The van der Waals surface area contributed by atoms with Gasteiger partial charge in [-0.05, 0) is 44.4 Å². The quantitative estimate of drug-likeness (QED) is 0.755. The minimum Gasteiger partial charge on any atom is -0.379 e. The first kappa shape index (κ1) is 15.4. The first-order chi connectivity index (χ1) is 9.69. The van der Waals surface area contributed by atoms with Crippen molar-refractivity contribution in [3.63, 3.8) is 0 Å². The predicted molar refractivity (Wildman–Crippen MR) is 77.0 cm³/mol. The number of rotatable bonds is 9. The highest BCUT2D eigenvalue weighted by Crippen LogP contribution is 2.20. The van der Waals surface area contributed by atoms with E-state index in [-0.39, 0.29) is 18.5 Å². The fourth-order valence-electron chi connectivity index (χ4n) is 1.96. The van der Waals surface area contributed by atoms with E-state index in [1.54, 1.807) is 0 Å². The molecule has 1 aliphatic carbocycles. The fourth-order valence-corrected chi connectivity index (χ4v) is 1.96. The molecule has 0 aliphatic heterocycles. The number of hydrogen-bond acceptors (Lipinski definition) is 3. The normalized spacial score (nSPS) is 16.4. The van der Waals surface area contributed by atoms with Crippen molar-refractivity contribution >= 4 is 0 Å². The maximum absolute atomic E-state index is 13.8. The molecular weight excluding hydrogens is 257 g/mol. The zero-order valence-corrected chi connectivity index (χ0v) is 12.3. The summed E-state index contributed by atoms with van der Waals surface area (Å²) in [6, 6.07) is 5.90. The van der Waals surface area contributed by atoms with E-state index >= 15 is 0 Å². The van der Waals surface area contributed by atoms with E-state index in [4.69, 9.17) is 9.47 Å². The number of ether oxygens (including phenoxy) is 2. The van der Waals surface area contributed by atoms with Crippen molar-refractivity contribution in [3.8, 4) is 0 Å². The van der Waals surface area contributed by atoms with Crippen molar-refractivity contribution in [2.75, 3.05) is 13.2 Å². The Morgan fingerprint density at radius 3 is 2.90 bits per heavy atom. The molecule has 0 aromatic heterocycles. The second-order valence-electron chi connectivity index (χ2n) is 5.36. The number of nitrogens with one attached hydrogen (secondary N) is 1. The second kappa shape index (κ2) is 7.72. The van der Waals surface area contributed by atoms with Gasteiger partial charge in [0.05, 0.1) is 19.3 Å². The van der Waals surface area contributed by atoms with Crippen LogP contribution in [0.3, 0.4) is 0 Å². The molecule has 0 spiro atoms. The van der Waals surface area contributed by atoms with Crippen molar-refractivity contribution in [2.24, 2.45) is 0 Å². The van der Waals surface area contributed by atoms with E-state index < -0.39 is 0 Å². The molecule has 0 heterocycles. The maximum atomic E-state index is 13.8. The zero-order chi connectivity index (χ0) is 14.4. The van der Waals surface area contributed by atoms with Gasteiger partial charge in [0, 0.05) is 24.8 Å². The van der Waals surface area contributed by atoms with Crippen LogP contribution in [0.15, 0.2) is 18.2 Å². The molecule has 0 bridgehead atoms. The molecule has 1 aliphatic rings. The Kier molecular flexibility index (Phi) is 5.95. The molecule has 20 heavy (non-hydrogen) atoms. The summed E-state index contributed by atoms with van der Waals surface area (Å²) in [7, 11) is 0. The standard InChI is InChI=1S/C16H24FNO2/c1-3-19-10-12(2)20-11-14-8-13(4-7-16(14)17)9-18-15-5-6-15/h4,7-8,12,15,18H,3,5-6,9-11H2,1-2H3. The SMILES string of the molecule is CCOCC(C)OCc1cc(CNC2CC2)ccc1F. The van der Waals surface area contributed by atoms with Gasteiger partial charge < -0.3 is 14.8 Å². The van der Waals surface area contributed by atoms with Crippen molar-refractivity contribution in [1.82, 2.24) is 5.32 Å². The smallest absolute Gasteiger partial charge is 0.128 e. The highest BCUT2D eigenvalue weighted by Gasteiger charge is 2.20. The average molecular weight is 281 g/mol. The molecule has 3 nitrogen and oxygen atoms in total. The van der Waals surface area contributed by atoms with Gasteiger partial charge in [-0.2, -0.15) is 0 Å². The van der Waals surface area contributed by atoms with Crippen LogP contribution in [0.25, 0.3) is 0 Å². The Labute approximate surface area is 120 Å². The van der Waals surface area contributed by atoms with Gasteiger partial charge in [-0.25, -0.2) is 4.39 Å². The van der Waals surface area contributed by atoms with Crippen molar-refractivity contribution in [2.45, 2.75) is 52.0 Å². The molecule has 0 radical (unpaired) electrons. The summed E-state index contributed by atoms with van der Waals surface area (Å²) in [6.07, 6.45) is 2.49. The number of hydrogen-bond donors (Lipinski definition) is 1. The molecule has 1 aromatic rings. The van der Waals surface area contributed by atoms with Gasteiger partial charge in [0.2, 0.25) is 0 Å². The highest BCUT2D eigenvalue weighted by atomic mass is 19.1. The lowest BCUT2D eigenvalue weighted by Crippen LogP contribution is -2.17. The van der Waals surface area contributed by atoms with E-state index in [0.29, 0.717) is 24.8 Å². The third-order valence-electron chi connectivity index (χ3n) is 3.36. The zero-order valence-electron chi connectivity index (χ0n) is 12.3. The van der Waals surface area contributed by atoms with E-state index in [1.807, 2.05) is 26.0 Å². The van der Waals surface area contributed by atoms with Gasteiger partial charge in [0.25, 0.3) is 0 Å².